The summed E-state index contributed by atoms with van der Waals surface area (Å²) < 4.78 is 29.5. The molecule has 0 bridgehead atoms. The molecule has 0 atom stereocenters. The smallest absolute Gasteiger partial charge is 0.387 e. The number of halogens is 4. The van der Waals surface area contributed by atoms with Crippen molar-refractivity contribution in [3.8, 4) is 5.75 Å². The van der Waals surface area contributed by atoms with Gasteiger partial charge in [0.05, 0.1) is 5.56 Å². The third-order valence-corrected chi connectivity index (χ3v) is 4.73. The molecule has 0 aliphatic carbocycles. The van der Waals surface area contributed by atoms with Gasteiger partial charge in [0.15, 0.2) is 0 Å². The lowest BCUT2D eigenvalue weighted by molar-refractivity contribution is -0.0503. The van der Waals surface area contributed by atoms with Gasteiger partial charge in [0, 0.05) is 41.8 Å². The van der Waals surface area contributed by atoms with Gasteiger partial charge in [0.25, 0.3) is 11.8 Å². The van der Waals surface area contributed by atoms with Gasteiger partial charge in [-0.1, -0.05) is 35.3 Å². The molecular formula is C19H16Cl2F2N2O3. The summed E-state index contributed by atoms with van der Waals surface area (Å²) in [5.41, 5.74) is 0.428. The zero-order valence-electron chi connectivity index (χ0n) is 14.6. The molecule has 5 nitrogen and oxygen atoms in total. The molecule has 2 amide bonds. The van der Waals surface area contributed by atoms with Gasteiger partial charge in [0.1, 0.15) is 5.75 Å². The van der Waals surface area contributed by atoms with E-state index >= 15 is 0 Å². The molecule has 0 saturated carbocycles. The van der Waals surface area contributed by atoms with Crippen LogP contribution in [0.4, 0.5) is 8.78 Å². The molecule has 2 aromatic rings. The fraction of sp³-hybridized carbons (Fsp3) is 0.263. The molecule has 0 spiro atoms. The molecule has 0 aromatic heterocycles. The molecule has 0 radical (unpaired) electrons. The van der Waals surface area contributed by atoms with E-state index < -0.39 is 12.5 Å². The van der Waals surface area contributed by atoms with Crippen molar-refractivity contribution in [1.29, 1.82) is 0 Å². The van der Waals surface area contributed by atoms with Crippen molar-refractivity contribution in [2.45, 2.75) is 6.61 Å². The first-order valence-corrected chi connectivity index (χ1v) is 9.19. The molecule has 1 aliphatic rings. The first kappa shape index (κ1) is 20.4. The monoisotopic (exact) mass is 428 g/mol. The van der Waals surface area contributed by atoms with Gasteiger partial charge < -0.3 is 14.5 Å². The summed E-state index contributed by atoms with van der Waals surface area (Å²) in [7, 11) is 0. The van der Waals surface area contributed by atoms with Crippen LogP contribution in [0.2, 0.25) is 10.0 Å². The van der Waals surface area contributed by atoms with E-state index in [-0.39, 0.29) is 30.3 Å². The van der Waals surface area contributed by atoms with E-state index in [4.69, 9.17) is 23.2 Å². The Morgan fingerprint density at radius 3 is 2.00 bits per heavy atom. The Morgan fingerprint density at radius 1 is 0.893 bits per heavy atom. The highest BCUT2D eigenvalue weighted by Gasteiger charge is 2.27. The molecule has 148 valence electrons. The molecule has 9 heteroatoms. The minimum atomic E-state index is -3.02. The van der Waals surface area contributed by atoms with Crippen LogP contribution in [0.15, 0.2) is 42.5 Å². The molecule has 1 saturated heterocycles. The number of para-hydroxylation sites is 1. The molecule has 0 N–H and O–H groups in total. The number of nitrogens with zero attached hydrogens (tertiary/aromatic N) is 2. The molecule has 3 rings (SSSR count). The van der Waals surface area contributed by atoms with Gasteiger partial charge in [-0.15, -0.1) is 0 Å². The molecule has 2 aromatic carbocycles. The van der Waals surface area contributed by atoms with Crippen LogP contribution in [0, 0.1) is 0 Å². The standard InChI is InChI=1S/C19H16Cl2F2N2O3/c20-13-9-12(10-14(21)11-13)17(26)24-5-7-25(8-6-24)18(27)15-3-1-2-4-16(15)28-19(22)23/h1-4,9-11,19H,5-8H2. The number of amides is 2. The van der Waals surface area contributed by atoms with Crippen molar-refractivity contribution in [1.82, 2.24) is 9.80 Å². The van der Waals surface area contributed by atoms with Crippen LogP contribution in [-0.2, 0) is 0 Å². The predicted molar refractivity (Wildman–Crippen MR) is 101 cm³/mol. The van der Waals surface area contributed by atoms with E-state index in [1.165, 1.54) is 41.3 Å². The van der Waals surface area contributed by atoms with E-state index in [0.29, 0.717) is 28.7 Å². The maximum atomic E-state index is 12.7. The molecule has 1 aliphatic heterocycles. The highest BCUT2D eigenvalue weighted by atomic mass is 35.5. The molecular weight excluding hydrogens is 413 g/mol. The summed E-state index contributed by atoms with van der Waals surface area (Å²) >= 11 is 11.9. The number of ether oxygens (including phenoxy) is 1. The topological polar surface area (TPSA) is 49.9 Å². The van der Waals surface area contributed by atoms with Crippen LogP contribution in [-0.4, -0.2) is 54.4 Å². The maximum absolute atomic E-state index is 12.7. The van der Waals surface area contributed by atoms with Gasteiger partial charge in [-0.3, -0.25) is 9.59 Å². The minimum absolute atomic E-state index is 0.0594. The Hall–Kier alpha value is -2.38. The van der Waals surface area contributed by atoms with Crippen LogP contribution in [0.1, 0.15) is 20.7 Å². The lowest BCUT2D eigenvalue weighted by Crippen LogP contribution is -2.50. The Balaban J connectivity index is 1.67. The highest BCUT2D eigenvalue weighted by Crippen LogP contribution is 2.24. The zero-order chi connectivity index (χ0) is 20.3. The number of carbonyl (C=O) groups excluding carboxylic acids is 2. The number of carbonyl (C=O) groups is 2. The van der Waals surface area contributed by atoms with Crippen molar-refractivity contribution in [2.75, 3.05) is 26.2 Å². The number of hydrogen-bond acceptors (Lipinski definition) is 3. The normalized spacial score (nSPS) is 14.3. The highest BCUT2D eigenvalue weighted by molar-refractivity contribution is 6.35. The molecule has 0 unspecified atom stereocenters. The van der Waals surface area contributed by atoms with Crippen LogP contribution in [0.25, 0.3) is 0 Å². The first-order chi connectivity index (χ1) is 13.3. The zero-order valence-corrected chi connectivity index (χ0v) is 16.1. The number of rotatable bonds is 4. The quantitative estimate of drug-likeness (QED) is 0.733. The largest absolute Gasteiger partial charge is 0.434 e. The third-order valence-electron chi connectivity index (χ3n) is 4.30. The van der Waals surface area contributed by atoms with E-state index in [1.54, 1.807) is 11.0 Å². The lowest BCUT2D eigenvalue weighted by atomic mass is 10.1. The van der Waals surface area contributed by atoms with Crippen LogP contribution in [0.5, 0.6) is 5.75 Å². The minimum Gasteiger partial charge on any atom is -0.434 e. The predicted octanol–water partition coefficient (Wildman–Crippen LogP) is 4.19. The average Bonchev–Trinajstić information content (AvgIpc) is 2.66. The van der Waals surface area contributed by atoms with E-state index in [0.717, 1.165) is 0 Å². The Bertz CT molecular complexity index is 867. The van der Waals surface area contributed by atoms with Gasteiger partial charge >= 0.3 is 6.61 Å². The fourth-order valence-corrected chi connectivity index (χ4v) is 3.51. The summed E-state index contributed by atoms with van der Waals surface area (Å²) in [5, 5.41) is 0.723. The summed E-state index contributed by atoms with van der Waals surface area (Å²) in [4.78, 5) is 28.4. The van der Waals surface area contributed by atoms with Gasteiger partial charge in [-0.25, -0.2) is 0 Å². The molecule has 1 fully saturated rings. The van der Waals surface area contributed by atoms with Gasteiger partial charge in [-0.2, -0.15) is 8.78 Å². The SMILES string of the molecule is O=C(c1cc(Cl)cc(Cl)c1)N1CCN(C(=O)c2ccccc2OC(F)F)CC1. The average molecular weight is 429 g/mol. The van der Waals surface area contributed by atoms with Crippen molar-refractivity contribution in [3.05, 3.63) is 63.6 Å². The number of piperazine rings is 1. The summed E-state index contributed by atoms with van der Waals surface area (Å²) in [5.74, 6) is -0.832. The fourth-order valence-electron chi connectivity index (χ4n) is 2.98. The van der Waals surface area contributed by atoms with Gasteiger partial charge in [0.2, 0.25) is 0 Å². The lowest BCUT2D eigenvalue weighted by Gasteiger charge is -2.35. The Kier molecular flexibility index (Phi) is 6.36. The molecule has 28 heavy (non-hydrogen) atoms. The Labute approximate surface area is 170 Å². The van der Waals surface area contributed by atoms with Crippen molar-refractivity contribution >= 4 is 35.0 Å². The van der Waals surface area contributed by atoms with E-state index in [1.807, 2.05) is 0 Å². The number of alkyl halides is 2. The second kappa shape index (κ2) is 8.75. The van der Waals surface area contributed by atoms with E-state index in [2.05, 4.69) is 4.74 Å². The van der Waals surface area contributed by atoms with Crippen LogP contribution >= 0.6 is 23.2 Å². The number of benzene rings is 2. The van der Waals surface area contributed by atoms with Crippen molar-refractivity contribution in [2.24, 2.45) is 0 Å². The first-order valence-electron chi connectivity index (χ1n) is 8.43. The Morgan fingerprint density at radius 2 is 1.43 bits per heavy atom. The van der Waals surface area contributed by atoms with Crippen LogP contribution < -0.4 is 4.74 Å². The van der Waals surface area contributed by atoms with E-state index in [9.17, 15) is 18.4 Å². The maximum Gasteiger partial charge on any atom is 0.387 e. The summed E-state index contributed by atoms with van der Waals surface area (Å²) in [6.07, 6.45) is 0. The van der Waals surface area contributed by atoms with Crippen molar-refractivity contribution < 1.29 is 23.1 Å². The van der Waals surface area contributed by atoms with Gasteiger partial charge in [-0.05, 0) is 30.3 Å². The van der Waals surface area contributed by atoms with Crippen LogP contribution in [0.3, 0.4) is 0 Å². The second-order valence-electron chi connectivity index (χ2n) is 6.12. The summed E-state index contributed by atoms with van der Waals surface area (Å²) in [6.45, 7) is -1.89. The molecule has 1 heterocycles. The van der Waals surface area contributed by atoms with Crippen molar-refractivity contribution in [3.63, 3.8) is 0 Å². The third kappa shape index (κ3) is 4.72. The summed E-state index contributed by atoms with van der Waals surface area (Å²) in [6, 6.07) is 10.5. The second-order valence-corrected chi connectivity index (χ2v) is 6.99. The number of hydrogen-bond donors (Lipinski definition) is 0.